The maximum atomic E-state index is 2.48. The summed E-state index contributed by atoms with van der Waals surface area (Å²) in [7, 11) is -0.888. The first kappa shape index (κ1) is 11.3. The van der Waals surface area contributed by atoms with Crippen LogP contribution < -0.4 is 0 Å². The summed E-state index contributed by atoms with van der Waals surface area (Å²) in [4.78, 5) is 0. The molecule has 1 fully saturated rings. The van der Waals surface area contributed by atoms with Crippen LogP contribution in [0.1, 0.15) is 53.4 Å². The van der Waals surface area contributed by atoms with Crippen molar-refractivity contribution in [3.05, 3.63) is 0 Å². The zero-order chi connectivity index (χ0) is 9.90. The normalized spacial score (nSPS) is 20.1. The van der Waals surface area contributed by atoms with Gasteiger partial charge in [0.05, 0.1) is 8.07 Å². The van der Waals surface area contributed by atoms with Gasteiger partial charge in [0.25, 0.3) is 0 Å². The maximum absolute atomic E-state index is 2.48. The van der Waals surface area contributed by atoms with Gasteiger partial charge >= 0.3 is 0 Å². The molecule has 0 spiro atoms. The Balaban J connectivity index is 2.74. The van der Waals surface area contributed by atoms with E-state index >= 15 is 0 Å². The van der Waals surface area contributed by atoms with E-state index in [1.807, 2.05) is 0 Å². The van der Waals surface area contributed by atoms with E-state index in [9.17, 15) is 0 Å². The summed E-state index contributed by atoms with van der Waals surface area (Å²) in [5, 5.41) is 0. The molecule has 0 radical (unpaired) electrons. The van der Waals surface area contributed by atoms with E-state index in [4.69, 9.17) is 0 Å². The second-order valence-electron chi connectivity index (χ2n) is 5.08. The maximum Gasteiger partial charge on any atom is 0.0587 e. The van der Waals surface area contributed by atoms with Gasteiger partial charge in [-0.2, -0.15) is 0 Å². The third kappa shape index (κ3) is 2.01. The van der Waals surface area contributed by atoms with Crippen LogP contribution in [0.2, 0.25) is 23.2 Å². The molecule has 0 heterocycles. The Morgan fingerprint density at radius 3 is 1.85 bits per heavy atom. The van der Waals surface area contributed by atoms with Gasteiger partial charge in [0, 0.05) is 0 Å². The van der Waals surface area contributed by atoms with Gasteiger partial charge in [-0.3, -0.25) is 0 Å². The third-order valence-corrected chi connectivity index (χ3v) is 11.8. The Hall–Kier alpha value is 0.217. The molecule has 0 N–H and O–H groups in total. The third-order valence-electron chi connectivity index (χ3n) is 4.63. The minimum Gasteiger partial charge on any atom is -0.0678 e. The molecular weight excluding hydrogens is 172 g/mol. The van der Waals surface area contributed by atoms with Crippen molar-refractivity contribution < 1.29 is 0 Å². The standard InChI is InChI=1S/C12H26Si/c1-5-13(6-2,11(3)4)12-9-7-8-10-12/h11-12H,5-10H2,1-4H3. The quantitative estimate of drug-likeness (QED) is 0.568. The molecule has 0 nitrogen and oxygen atoms in total. The molecule has 0 aromatic carbocycles. The predicted octanol–water partition coefficient (Wildman–Crippen LogP) is 4.83. The summed E-state index contributed by atoms with van der Waals surface area (Å²) >= 11 is 0. The second-order valence-corrected chi connectivity index (χ2v) is 10.9. The van der Waals surface area contributed by atoms with Gasteiger partial charge in [-0.1, -0.05) is 71.0 Å². The van der Waals surface area contributed by atoms with E-state index in [1.54, 1.807) is 12.8 Å². The van der Waals surface area contributed by atoms with Gasteiger partial charge in [0.2, 0.25) is 0 Å². The Morgan fingerprint density at radius 2 is 1.54 bits per heavy atom. The molecule has 0 aromatic heterocycles. The van der Waals surface area contributed by atoms with Crippen LogP contribution in [0.5, 0.6) is 0 Å². The van der Waals surface area contributed by atoms with Crippen molar-refractivity contribution in [2.45, 2.75) is 76.5 Å². The SMILES string of the molecule is CC[Si](CC)(C(C)C)C1CCCC1. The first-order valence-corrected chi connectivity index (χ1v) is 8.74. The Labute approximate surface area is 85.1 Å². The Kier molecular flexibility index (Phi) is 4.02. The monoisotopic (exact) mass is 198 g/mol. The van der Waals surface area contributed by atoms with E-state index in [1.165, 1.54) is 30.5 Å². The lowest BCUT2D eigenvalue weighted by atomic mass is 10.4. The highest BCUT2D eigenvalue weighted by molar-refractivity contribution is 6.82. The fourth-order valence-electron chi connectivity index (χ4n) is 3.62. The van der Waals surface area contributed by atoms with E-state index in [2.05, 4.69) is 27.7 Å². The number of rotatable bonds is 4. The average Bonchev–Trinajstić information content (AvgIpc) is 2.60. The van der Waals surface area contributed by atoms with Gasteiger partial charge in [-0.05, 0) is 5.54 Å². The summed E-state index contributed by atoms with van der Waals surface area (Å²) in [5.74, 6) is 0. The largest absolute Gasteiger partial charge is 0.0678 e. The molecule has 1 aliphatic rings. The molecule has 78 valence electrons. The van der Waals surface area contributed by atoms with Crippen molar-refractivity contribution in [3.8, 4) is 0 Å². The van der Waals surface area contributed by atoms with Crippen molar-refractivity contribution in [1.82, 2.24) is 0 Å². The molecule has 0 atom stereocenters. The molecule has 0 aromatic rings. The fraction of sp³-hybridized carbons (Fsp3) is 1.00. The van der Waals surface area contributed by atoms with Crippen molar-refractivity contribution in [2.75, 3.05) is 0 Å². The van der Waals surface area contributed by atoms with E-state index in [0.717, 1.165) is 5.54 Å². The Morgan fingerprint density at radius 1 is 1.08 bits per heavy atom. The zero-order valence-corrected chi connectivity index (χ0v) is 10.9. The fourth-order valence-corrected chi connectivity index (χ4v) is 9.40. The van der Waals surface area contributed by atoms with Gasteiger partial charge in [-0.15, -0.1) is 0 Å². The van der Waals surface area contributed by atoms with Crippen molar-refractivity contribution >= 4 is 8.07 Å². The van der Waals surface area contributed by atoms with Crippen LogP contribution in [0.15, 0.2) is 0 Å². The van der Waals surface area contributed by atoms with Crippen molar-refractivity contribution in [3.63, 3.8) is 0 Å². The van der Waals surface area contributed by atoms with Crippen LogP contribution in [0.3, 0.4) is 0 Å². The predicted molar refractivity (Wildman–Crippen MR) is 64.0 cm³/mol. The molecule has 0 amide bonds. The van der Waals surface area contributed by atoms with Crippen LogP contribution in [-0.4, -0.2) is 8.07 Å². The summed E-state index contributed by atoms with van der Waals surface area (Å²) in [6.45, 7) is 9.87. The molecular formula is C12H26Si. The van der Waals surface area contributed by atoms with Gasteiger partial charge in [0.1, 0.15) is 0 Å². The highest BCUT2D eigenvalue weighted by Gasteiger charge is 2.41. The molecule has 1 saturated carbocycles. The van der Waals surface area contributed by atoms with E-state index < -0.39 is 8.07 Å². The van der Waals surface area contributed by atoms with E-state index in [-0.39, 0.29) is 0 Å². The van der Waals surface area contributed by atoms with Crippen molar-refractivity contribution in [2.24, 2.45) is 0 Å². The van der Waals surface area contributed by atoms with Crippen LogP contribution in [-0.2, 0) is 0 Å². The topological polar surface area (TPSA) is 0 Å². The highest BCUT2D eigenvalue weighted by Crippen LogP contribution is 2.47. The first-order chi connectivity index (χ1) is 6.17. The lowest BCUT2D eigenvalue weighted by Crippen LogP contribution is -2.40. The molecule has 0 saturated heterocycles. The first-order valence-electron chi connectivity index (χ1n) is 6.17. The van der Waals surface area contributed by atoms with E-state index in [0.29, 0.717) is 0 Å². The molecule has 1 rings (SSSR count). The van der Waals surface area contributed by atoms with Gasteiger partial charge < -0.3 is 0 Å². The Bertz CT molecular complexity index is 141. The molecule has 1 heteroatoms. The molecule has 1 aliphatic carbocycles. The van der Waals surface area contributed by atoms with Crippen molar-refractivity contribution in [1.29, 1.82) is 0 Å². The summed E-state index contributed by atoms with van der Waals surface area (Å²) in [6, 6.07) is 3.04. The van der Waals surface area contributed by atoms with Gasteiger partial charge in [0.15, 0.2) is 0 Å². The average molecular weight is 198 g/mol. The van der Waals surface area contributed by atoms with Crippen LogP contribution in [0, 0.1) is 0 Å². The number of hydrogen-bond acceptors (Lipinski definition) is 0. The highest BCUT2D eigenvalue weighted by atomic mass is 28.3. The molecule has 13 heavy (non-hydrogen) atoms. The summed E-state index contributed by atoms with van der Waals surface area (Å²) in [5.41, 5.74) is 2.17. The molecule has 0 aliphatic heterocycles. The second kappa shape index (κ2) is 4.63. The lowest BCUT2D eigenvalue weighted by Gasteiger charge is -2.39. The summed E-state index contributed by atoms with van der Waals surface area (Å²) < 4.78 is 0. The van der Waals surface area contributed by atoms with Crippen LogP contribution in [0.4, 0.5) is 0 Å². The lowest BCUT2D eigenvalue weighted by molar-refractivity contribution is 0.773. The molecule has 0 unspecified atom stereocenters. The minimum atomic E-state index is -0.888. The van der Waals surface area contributed by atoms with Crippen LogP contribution in [0.25, 0.3) is 0 Å². The van der Waals surface area contributed by atoms with Crippen LogP contribution >= 0.6 is 0 Å². The minimum absolute atomic E-state index is 0.888. The zero-order valence-electron chi connectivity index (χ0n) is 9.90. The summed E-state index contributed by atoms with van der Waals surface area (Å²) in [6.07, 6.45) is 6.16. The smallest absolute Gasteiger partial charge is 0.0587 e. The van der Waals surface area contributed by atoms with Gasteiger partial charge in [-0.25, -0.2) is 0 Å². The number of hydrogen-bond donors (Lipinski definition) is 0. The molecule has 0 bridgehead atoms.